The minimum absolute atomic E-state index is 0.0721. The van der Waals surface area contributed by atoms with Gasteiger partial charge >= 0.3 is 18.0 Å². The van der Waals surface area contributed by atoms with E-state index in [1.54, 1.807) is 0 Å². The van der Waals surface area contributed by atoms with E-state index in [1.165, 1.54) is 6.08 Å². The van der Waals surface area contributed by atoms with Crippen LogP contribution in [0.4, 0.5) is 30.7 Å². The van der Waals surface area contributed by atoms with Gasteiger partial charge in [-0.05, 0) is 29.9 Å². The predicted molar refractivity (Wildman–Crippen MR) is 54.5 cm³/mol. The molecule has 1 saturated carbocycles. The summed E-state index contributed by atoms with van der Waals surface area (Å²) in [6.45, 7) is 0. The highest BCUT2D eigenvalue weighted by atomic mass is 35.5. The number of fused-ring (bicyclic) bond motifs is 2. The van der Waals surface area contributed by atoms with E-state index in [0.29, 0.717) is 0 Å². The minimum Gasteiger partial charge on any atom is -0.281 e. The largest absolute Gasteiger partial charge is 0.459 e. The van der Waals surface area contributed by atoms with Gasteiger partial charge in [-0.3, -0.25) is 4.79 Å². The number of carbonyl (C=O) groups is 1. The normalized spacial score (nSPS) is 33.8. The number of hydrogen-bond donors (Lipinski definition) is 0. The Labute approximate surface area is 113 Å². The number of hydrogen-bond acceptors (Lipinski definition) is 1. The Morgan fingerprint density at radius 1 is 1.00 bits per heavy atom. The van der Waals surface area contributed by atoms with Crippen molar-refractivity contribution in [2.75, 3.05) is 0 Å². The third-order valence-electron chi connectivity index (χ3n) is 3.91. The van der Waals surface area contributed by atoms with Crippen LogP contribution in [0, 0.1) is 23.7 Å². The Morgan fingerprint density at radius 3 is 1.95 bits per heavy atom. The van der Waals surface area contributed by atoms with Crippen molar-refractivity contribution in [1.29, 1.82) is 0 Å². The Hall–Kier alpha value is -0.790. The molecule has 0 aromatic rings. The van der Waals surface area contributed by atoms with Gasteiger partial charge in [-0.15, -0.1) is 0 Å². The van der Waals surface area contributed by atoms with E-state index in [9.17, 15) is 35.5 Å². The summed E-state index contributed by atoms with van der Waals surface area (Å²) in [5.74, 6) is -17.8. The zero-order valence-corrected chi connectivity index (χ0v) is 10.4. The van der Waals surface area contributed by atoms with Crippen molar-refractivity contribution in [3.05, 3.63) is 12.2 Å². The molecule has 0 radical (unpaired) electrons. The lowest BCUT2D eigenvalue weighted by Gasteiger charge is -2.37. The summed E-state index contributed by atoms with van der Waals surface area (Å²) < 4.78 is 90.2. The first-order valence-electron chi connectivity index (χ1n) is 5.61. The molecule has 1 fully saturated rings. The van der Waals surface area contributed by atoms with E-state index in [2.05, 4.69) is 0 Å². The molecule has 0 unspecified atom stereocenters. The van der Waals surface area contributed by atoms with Gasteiger partial charge in [0.25, 0.3) is 0 Å². The lowest BCUT2D eigenvalue weighted by molar-refractivity contribution is -0.369. The average Bonchev–Trinajstić information content (AvgIpc) is 2.86. The molecular formula is C11H8ClF7O. The maximum Gasteiger partial charge on any atom is 0.459 e. The molecule has 2 rings (SSSR count). The van der Waals surface area contributed by atoms with Gasteiger partial charge in [0.05, 0.1) is 0 Å². The summed E-state index contributed by atoms with van der Waals surface area (Å²) in [6, 6.07) is 0. The van der Waals surface area contributed by atoms with Crippen LogP contribution in [0.25, 0.3) is 0 Å². The molecule has 2 aliphatic rings. The highest BCUT2D eigenvalue weighted by Gasteiger charge is 2.78. The summed E-state index contributed by atoms with van der Waals surface area (Å²) >= 11 is 5.11. The fourth-order valence-corrected chi connectivity index (χ4v) is 3.32. The van der Waals surface area contributed by atoms with E-state index in [1.807, 2.05) is 0 Å². The van der Waals surface area contributed by atoms with Gasteiger partial charge < -0.3 is 0 Å². The molecule has 0 amide bonds. The summed E-state index contributed by atoms with van der Waals surface area (Å²) in [7, 11) is 0. The average molecular weight is 325 g/mol. The van der Waals surface area contributed by atoms with Crippen molar-refractivity contribution < 1.29 is 35.5 Å². The summed E-state index contributed by atoms with van der Waals surface area (Å²) in [5.41, 5.74) is 0. The zero-order chi connectivity index (χ0) is 15.5. The molecule has 2 bridgehead atoms. The molecule has 0 saturated heterocycles. The second-order valence-corrected chi connectivity index (χ2v) is 5.37. The fraction of sp³-hybridized carbons (Fsp3) is 0.727. The molecule has 0 aliphatic heterocycles. The van der Waals surface area contributed by atoms with Gasteiger partial charge in [0, 0.05) is 11.8 Å². The second-order valence-electron chi connectivity index (χ2n) is 5.00. The third kappa shape index (κ3) is 1.95. The van der Waals surface area contributed by atoms with E-state index >= 15 is 0 Å². The molecule has 4 atom stereocenters. The zero-order valence-electron chi connectivity index (χ0n) is 9.60. The third-order valence-corrected chi connectivity index (χ3v) is 4.17. The van der Waals surface area contributed by atoms with Crippen molar-refractivity contribution in [3.63, 3.8) is 0 Å². The van der Waals surface area contributed by atoms with Crippen molar-refractivity contribution in [3.8, 4) is 0 Å². The molecule has 0 aromatic carbocycles. The number of halogens is 8. The van der Waals surface area contributed by atoms with Crippen LogP contribution in [0.5, 0.6) is 0 Å². The van der Waals surface area contributed by atoms with Crippen LogP contribution in [0.2, 0.25) is 0 Å². The van der Waals surface area contributed by atoms with E-state index in [0.717, 1.165) is 6.08 Å². The fourth-order valence-electron chi connectivity index (χ4n) is 3.02. The molecule has 2 aliphatic carbocycles. The van der Waals surface area contributed by atoms with E-state index in [-0.39, 0.29) is 6.42 Å². The first-order valence-corrected chi connectivity index (χ1v) is 5.99. The van der Waals surface area contributed by atoms with Crippen LogP contribution in [-0.4, -0.2) is 23.3 Å². The van der Waals surface area contributed by atoms with Crippen molar-refractivity contribution >= 4 is 16.8 Å². The van der Waals surface area contributed by atoms with Gasteiger partial charge in [-0.1, -0.05) is 12.2 Å². The molecule has 1 nitrogen and oxygen atoms in total. The van der Waals surface area contributed by atoms with Gasteiger partial charge in [-0.25, -0.2) is 0 Å². The van der Waals surface area contributed by atoms with Crippen LogP contribution in [-0.2, 0) is 4.79 Å². The second kappa shape index (κ2) is 4.35. The topological polar surface area (TPSA) is 17.1 Å². The molecule has 0 N–H and O–H groups in total. The standard InChI is InChI=1S/C11H8ClF7O/c12-8(20)6-4-1-2-5(3-4)7(6)9(13,14)10(15,16)11(17,18)19/h1-2,4-7H,3H2/t4-,5+,6-,7-/m1/s1. The van der Waals surface area contributed by atoms with E-state index in [4.69, 9.17) is 11.6 Å². The summed E-state index contributed by atoms with van der Waals surface area (Å²) in [4.78, 5) is 11.1. The van der Waals surface area contributed by atoms with Gasteiger partial charge in [0.15, 0.2) is 0 Å². The Morgan fingerprint density at radius 2 is 1.50 bits per heavy atom. The monoisotopic (exact) mass is 324 g/mol. The molecule has 114 valence electrons. The number of alkyl halides is 7. The summed E-state index contributed by atoms with van der Waals surface area (Å²) in [5, 5.41) is -1.32. The first-order chi connectivity index (χ1) is 8.91. The van der Waals surface area contributed by atoms with E-state index < -0.39 is 46.9 Å². The smallest absolute Gasteiger partial charge is 0.281 e. The van der Waals surface area contributed by atoms with Crippen LogP contribution in [0.1, 0.15) is 6.42 Å². The van der Waals surface area contributed by atoms with Crippen molar-refractivity contribution in [2.24, 2.45) is 23.7 Å². The van der Waals surface area contributed by atoms with Gasteiger partial charge in [-0.2, -0.15) is 30.7 Å². The lowest BCUT2D eigenvalue weighted by Crippen LogP contribution is -2.58. The maximum absolute atomic E-state index is 13.8. The number of allylic oxidation sites excluding steroid dienone is 2. The van der Waals surface area contributed by atoms with Crippen molar-refractivity contribution in [1.82, 2.24) is 0 Å². The highest BCUT2D eigenvalue weighted by molar-refractivity contribution is 6.64. The SMILES string of the molecule is O=C(Cl)[C@H]1[C@H](C(F)(F)C(F)(F)C(F)(F)F)[C@H]2C=C[C@@H]1C2. The molecule has 0 spiro atoms. The summed E-state index contributed by atoms with van der Waals surface area (Å²) in [6.07, 6.45) is -3.97. The Balaban J connectivity index is 2.43. The number of rotatable bonds is 3. The van der Waals surface area contributed by atoms with Crippen molar-refractivity contribution in [2.45, 2.75) is 24.4 Å². The molecule has 0 aromatic heterocycles. The maximum atomic E-state index is 13.8. The number of carbonyl (C=O) groups excluding carboxylic acids is 1. The minimum atomic E-state index is -6.40. The van der Waals surface area contributed by atoms with Gasteiger partial charge in [0.1, 0.15) is 0 Å². The van der Waals surface area contributed by atoms with Crippen LogP contribution >= 0.6 is 11.6 Å². The van der Waals surface area contributed by atoms with Crippen LogP contribution in [0.3, 0.4) is 0 Å². The van der Waals surface area contributed by atoms with Crippen LogP contribution < -0.4 is 0 Å². The molecule has 0 heterocycles. The Bertz CT molecular complexity index is 456. The molecular weight excluding hydrogens is 317 g/mol. The molecule has 9 heteroatoms. The lowest BCUT2D eigenvalue weighted by atomic mass is 9.77. The Kier molecular flexibility index (Phi) is 3.39. The quantitative estimate of drug-likeness (QED) is 0.435. The predicted octanol–water partition coefficient (Wildman–Crippen LogP) is 4.02. The molecule has 20 heavy (non-hydrogen) atoms. The van der Waals surface area contributed by atoms with Crippen LogP contribution in [0.15, 0.2) is 12.2 Å². The van der Waals surface area contributed by atoms with Gasteiger partial charge in [0.2, 0.25) is 5.24 Å². The highest BCUT2D eigenvalue weighted by Crippen LogP contribution is 2.60. The first kappa shape index (κ1) is 15.6.